The van der Waals surface area contributed by atoms with Crippen molar-refractivity contribution >= 4 is 5.82 Å². The Morgan fingerprint density at radius 3 is 2.58 bits per heavy atom. The number of hydrogen-bond donors (Lipinski definition) is 1. The van der Waals surface area contributed by atoms with Gasteiger partial charge in [0, 0.05) is 19.3 Å². The van der Waals surface area contributed by atoms with Crippen LogP contribution in [0, 0.1) is 6.92 Å². The lowest BCUT2D eigenvalue weighted by molar-refractivity contribution is 0.311. The van der Waals surface area contributed by atoms with Gasteiger partial charge in [0.05, 0.1) is 0 Å². The average Bonchev–Trinajstić information content (AvgIpc) is 2.78. The van der Waals surface area contributed by atoms with Crippen LogP contribution in [0.3, 0.4) is 0 Å². The van der Waals surface area contributed by atoms with E-state index in [0.29, 0.717) is 5.82 Å². The summed E-state index contributed by atoms with van der Waals surface area (Å²) >= 11 is 0. The van der Waals surface area contributed by atoms with E-state index in [1.165, 1.54) is 11.1 Å². The third-order valence-electron chi connectivity index (χ3n) is 3.16. The number of anilines is 1. The van der Waals surface area contributed by atoms with E-state index in [0.717, 1.165) is 26.1 Å². The van der Waals surface area contributed by atoms with Gasteiger partial charge in [-0.1, -0.05) is 29.8 Å². The summed E-state index contributed by atoms with van der Waals surface area (Å²) in [6.45, 7) is 5.06. The molecule has 0 atom stereocenters. The Hall–Kier alpha value is -1.81. The fourth-order valence-corrected chi connectivity index (χ4v) is 2.09. The molecular formula is C15H22N4. The summed E-state index contributed by atoms with van der Waals surface area (Å²) in [6.07, 6.45) is 3.00. The number of aryl methyl sites for hydroxylation is 2. The third-order valence-corrected chi connectivity index (χ3v) is 3.16. The number of rotatable bonds is 6. The van der Waals surface area contributed by atoms with Crippen molar-refractivity contribution in [2.75, 3.05) is 19.3 Å². The first-order valence-corrected chi connectivity index (χ1v) is 6.66. The van der Waals surface area contributed by atoms with Gasteiger partial charge in [-0.2, -0.15) is 5.10 Å². The Balaban J connectivity index is 1.72. The molecule has 0 saturated heterocycles. The van der Waals surface area contributed by atoms with Gasteiger partial charge >= 0.3 is 0 Å². The highest BCUT2D eigenvalue weighted by atomic mass is 15.3. The van der Waals surface area contributed by atoms with Crippen LogP contribution in [0.4, 0.5) is 5.82 Å². The lowest BCUT2D eigenvalue weighted by Crippen LogP contribution is -2.20. The highest BCUT2D eigenvalue weighted by molar-refractivity contribution is 5.23. The van der Waals surface area contributed by atoms with Crippen molar-refractivity contribution in [3.8, 4) is 0 Å². The summed E-state index contributed by atoms with van der Waals surface area (Å²) in [5, 5.41) is 4.18. The van der Waals surface area contributed by atoms with E-state index in [9.17, 15) is 0 Å². The number of aromatic nitrogens is 2. The zero-order chi connectivity index (χ0) is 13.7. The van der Waals surface area contributed by atoms with Crippen LogP contribution in [0.2, 0.25) is 0 Å². The van der Waals surface area contributed by atoms with Crippen LogP contribution in [-0.2, 0) is 13.1 Å². The molecule has 0 unspecified atom stereocenters. The van der Waals surface area contributed by atoms with Crippen molar-refractivity contribution < 1.29 is 0 Å². The predicted octanol–water partition coefficient (Wildman–Crippen LogP) is 2.30. The summed E-state index contributed by atoms with van der Waals surface area (Å²) < 4.78 is 1.90. The topological polar surface area (TPSA) is 47.1 Å². The molecule has 1 heterocycles. The van der Waals surface area contributed by atoms with E-state index in [1.54, 1.807) is 0 Å². The third kappa shape index (κ3) is 4.41. The highest BCUT2D eigenvalue weighted by Crippen LogP contribution is 2.06. The van der Waals surface area contributed by atoms with Gasteiger partial charge < -0.3 is 10.6 Å². The van der Waals surface area contributed by atoms with Crippen LogP contribution in [0.5, 0.6) is 0 Å². The van der Waals surface area contributed by atoms with Crippen LogP contribution in [0.15, 0.2) is 36.5 Å². The minimum Gasteiger partial charge on any atom is -0.382 e. The minimum absolute atomic E-state index is 0.591. The van der Waals surface area contributed by atoms with Crippen LogP contribution < -0.4 is 5.73 Å². The molecule has 0 aliphatic carbocycles. The van der Waals surface area contributed by atoms with Crippen molar-refractivity contribution in [3.05, 3.63) is 47.7 Å². The van der Waals surface area contributed by atoms with Crippen LogP contribution in [0.25, 0.3) is 0 Å². The summed E-state index contributed by atoms with van der Waals surface area (Å²) in [7, 11) is 2.15. The van der Waals surface area contributed by atoms with Gasteiger partial charge in [-0.05, 0) is 38.6 Å². The maximum atomic E-state index is 5.58. The molecule has 2 N–H and O–H groups in total. The van der Waals surface area contributed by atoms with Gasteiger partial charge in [-0.25, -0.2) is 0 Å². The highest BCUT2D eigenvalue weighted by Gasteiger charge is 2.01. The second-order valence-corrected chi connectivity index (χ2v) is 5.08. The molecule has 0 spiro atoms. The molecule has 1 aromatic carbocycles. The molecule has 0 amide bonds. The average molecular weight is 258 g/mol. The zero-order valence-corrected chi connectivity index (χ0v) is 11.7. The van der Waals surface area contributed by atoms with Crippen molar-refractivity contribution in [1.29, 1.82) is 0 Å². The molecule has 0 aliphatic heterocycles. The number of hydrogen-bond acceptors (Lipinski definition) is 3. The fraction of sp³-hybridized carbons (Fsp3) is 0.400. The Morgan fingerprint density at radius 2 is 1.95 bits per heavy atom. The Labute approximate surface area is 114 Å². The maximum absolute atomic E-state index is 5.58. The number of nitrogen functional groups attached to an aromatic ring is 1. The predicted molar refractivity (Wildman–Crippen MR) is 78.8 cm³/mol. The van der Waals surface area contributed by atoms with E-state index in [1.807, 2.05) is 16.9 Å². The SMILES string of the molecule is Cc1ccc(CN(C)CCCn2ccc(N)n2)cc1. The first-order valence-electron chi connectivity index (χ1n) is 6.66. The van der Waals surface area contributed by atoms with E-state index < -0.39 is 0 Å². The molecule has 0 radical (unpaired) electrons. The molecule has 1 aromatic heterocycles. The lowest BCUT2D eigenvalue weighted by atomic mass is 10.1. The first kappa shape index (κ1) is 13.6. The standard InChI is InChI=1S/C15H22N4/c1-13-4-6-14(7-5-13)12-18(2)9-3-10-19-11-8-15(16)17-19/h4-8,11H,3,9-10,12H2,1-2H3,(H2,16,17). The summed E-state index contributed by atoms with van der Waals surface area (Å²) in [5.74, 6) is 0.591. The van der Waals surface area contributed by atoms with E-state index >= 15 is 0 Å². The summed E-state index contributed by atoms with van der Waals surface area (Å²) in [5.41, 5.74) is 8.25. The normalized spacial score (nSPS) is 11.1. The molecule has 2 aromatic rings. The molecule has 4 heteroatoms. The van der Waals surface area contributed by atoms with Gasteiger partial charge in [0.25, 0.3) is 0 Å². The Kier molecular flexibility index (Phi) is 4.58. The van der Waals surface area contributed by atoms with Gasteiger partial charge in [0.2, 0.25) is 0 Å². The number of benzene rings is 1. The first-order chi connectivity index (χ1) is 9.13. The number of nitrogens with two attached hydrogens (primary N) is 1. The Bertz CT molecular complexity index is 501. The molecule has 2 rings (SSSR count). The quantitative estimate of drug-likeness (QED) is 0.865. The zero-order valence-electron chi connectivity index (χ0n) is 11.7. The molecule has 19 heavy (non-hydrogen) atoms. The number of nitrogens with zero attached hydrogens (tertiary/aromatic N) is 3. The molecular weight excluding hydrogens is 236 g/mol. The van der Waals surface area contributed by atoms with Crippen molar-refractivity contribution in [3.63, 3.8) is 0 Å². The smallest absolute Gasteiger partial charge is 0.145 e. The van der Waals surface area contributed by atoms with Gasteiger partial charge in [-0.3, -0.25) is 4.68 Å². The van der Waals surface area contributed by atoms with E-state index in [4.69, 9.17) is 5.73 Å². The van der Waals surface area contributed by atoms with Crippen molar-refractivity contribution in [2.24, 2.45) is 0 Å². The second kappa shape index (κ2) is 6.38. The molecule has 0 fully saturated rings. The minimum atomic E-state index is 0.591. The van der Waals surface area contributed by atoms with Crippen molar-refractivity contribution in [2.45, 2.75) is 26.4 Å². The molecule has 0 bridgehead atoms. The van der Waals surface area contributed by atoms with Gasteiger partial charge in [0.15, 0.2) is 0 Å². The molecule has 4 nitrogen and oxygen atoms in total. The van der Waals surface area contributed by atoms with Crippen molar-refractivity contribution in [1.82, 2.24) is 14.7 Å². The second-order valence-electron chi connectivity index (χ2n) is 5.08. The lowest BCUT2D eigenvalue weighted by Gasteiger charge is -2.16. The van der Waals surface area contributed by atoms with Gasteiger partial charge in [-0.15, -0.1) is 0 Å². The van der Waals surface area contributed by atoms with Crippen LogP contribution >= 0.6 is 0 Å². The van der Waals surface area contributed by atoms with Crippen LogP contribution in [-0.4, -0.2) is 28.3 Å². The molecule has 0 saturated carbocycles. The monoisotopic (exact) mass is 258 g/mol. The van der Waals surface area contributed by atoms with E-state index in [2.05, 4.69) is 48.2 Å². The summed E-state index contributed by atoms with van der Waals surface area (Å²) in [6, 6.07) is 10.5. The molecule has 0 aliphatic rings. The summed E-state index contributed by atoms with van der Waals surface area (Å²) in [4.78, 5) is 2.33. The fourth-order valence-electron chi connectivity index (χ4n) is 2.09. The van der Waals surface area contributed by atoms with E-state index in [-0.39, 0.29) is 0 Å². The van der Waals surface area contributed by atoms with Crippen LogP contribution in [0.1, 0.15) is 17.5 Å². The Morgan fingerprint density at radius 1 is 1.21 bits per heavy atom. The molecule has 102 valence electrons. The largest absolute Gasteiger partial charge is 0.382 e. The maximum Gasteiger partial charge on any atom is 0.145 e. The van der Waals surface area contributed by atoms with Gasteiger partial charge in [0.1, 0.15) is 5.82 Å².